The second-order valence-electron chi connectivity index (χ2n) is 5.64. The van der Waals surface area contributed by atoms with Gasteiger partial charge in [-0.3, -0.25) is 14.2 Å². The van der Waals surface area contributed by atoms with Gasteiger partial charge in [0.15, 0.2) is 5.58 Å². The van der Waals surface area contributed by atoms with E-state index >= 15 is 0 Å². The lowest BCUT2D eigenvalue weighted by atomic mass is 10.1. The predicted octanol–water partition coefficient (Wildman–Crippen LogP) is 0.769. The summed E-state index contributed by atoms with van der Waals surface area (Å²) in [4.78, 5) is 35.7. The van der Waals surface area contributed by atoms with Crippen LogP contribution < -0.4 is 16.4 Å². The molecule has 122 valence electrons. The van der Waals surface area contributed by atoms with Crippen molar-refractivity contribution in [1.29, 1.82) is 0 Å². The number of rotatable bonds is 4. The third kappa shape index (κ3) is 3.44. The lowest BCUT2D eigenvalue weighted by Gasteiger charge is -2.15. The van der Waals surface area contributed by atoms with Crippen molar-refractivity contribution in [2.24, 2.45) is 0 Å². The van der Waals surface area contributed by atoms with Crippen molar-refractivity contribution in [2.75, 3.05) is 6.54 Å². The van der Waals surface area contributed by atoms with Gasteiger partial charge in [-0.1, -0.05) is 12.1 Å². The van der Waals surface area contributed by atoms with Crippen molar-refractivity contribution in [1.82, 2.24) is 15.2 Å². The van der Waals surface area contributed by atoms with Crippen LogP contribution in [0.2, 0.25) is 0 Å². The lowest BCUT2D eigenvalue weighted by Crippen LogP contribution is -2.45. The molecule has 2 N–H and O–H groups in total. The Morgan fingerprint density at radius 1 is 1.30 bits per heavy atom. The third-order valence-corrected chi connectivity index (χ3v) is 4.01. The molecule has 2 aromatic rings. The van der Waals surface area contributed by atoms with E-state index in [2.05, 4.69) is 10.6 Å². The van der Waals surface area contributed by atoms with Gasteiger partial charge in [0.05, 0.1) is 5.52 Å². The standard InChI is InChI=1S/C16H19N3O4/c20-14(18-11-5-3-4-9-17-15(11)21)8-10-19-12-6-1-2-7-13(12)23-16(19)22/h1-2,6-7,11H,3-5,8-10H2,(H,17,21)(H,18,20)/t11-/m1/s1. The third-order valence-electron chi connectivity index (χ3n) is 4.01. The molecule has 0 unspecified atom stereocenters. The highest BCUT2D eigenvalue weighted by molar-refractivity contribution is 5.87. The van der Waals surface area contributed by atoms with E-state index in [1.165, 1.54) is 4.57 Å². The quantitative estimate of drug-likeness (QED) is 0.871. The lowest BCUT2D eigenvalue weighted by molar-refractivity contribution is -0.128. The zero-order chi connectivity index (χ0) is 16.2. The highest BCUT2D eigenvalue weighted by Crippen LogP contribution is 2.12. The van der Waals surface area contributed by atoms with Crippen molar-refractivity contribution in [3.8, 4) is 0 Å². The molecule has 2 heterocycles. The molecule has 1 aromatic heterocycles. The van der Waals surface area contributed by atoms with Gasteiger partial charge in [-0.15, -0.1) is 0 Å². The number of nitrogens with one attached hydrogen (secondary N) is 2. The molecule has 0 spiro atoms. The average Bonchev–Trinajstić information content (AvgIpc) is 2.72. The van der Waals surface area contributed by atoms with E-state index in [9.17, 15) is 14.4 Å². The number of benzene rings is 1. The number of amides is 2. The minimum atomic E-state index is -0.484. The van der Waals surface area contributed by atoms with E-state index in [4.69, 9.17) is 4.42 Å². The van der Waals surface area contributed by atoms with Gasteiger partial charge in [-0.2, -0.15) is 0 Å². The van der Waals surface area contributed by atoms with Crippen LogP contribution in [0.15, 0.2) is 33.5 Å². The molecule has 1 saturated heterocycles. The van der Waals surface area contributed by atoms with E-state index in [0.29, 0.717) is 24.1 Å². The van der Waals surface area contributed by atoms with E-state index < -0.39 is 11.8 Å². The van der Waals surface area contributed by atoms with Gasteiger partial charge >= 0.3 is 5.76 Å². The molecule has 1 aliphatic rings. The Labute approximate surface area is 132 Å². The fourth-order valence-corrected chi connectivity index (χ4v) is 2.78. The summed E-state index contributed by atoms with van der Waals surface area (Å²) >= 11 is 0. The normalized spacial score (nSPS) is 18.4. The van der Waals surface area contributed by atoms with Crippen LogP contribution in [0.4, 0.5) is 0 Å². The molecule has 3 rings (SSSR count). The number of aromatic nitrogens is 1. The van der Waals surface area contributed by atoms with Crippen molar-refractivity contribution >= 4 is 22.9 Å². The second kappa shape index (κ2) is 6.68. The number of hydrogen-bond acceptors (Lipinski definition) is 4. The van der Waals surface area contributed by atoms with Crippen molar-refractivity contribution in [2.45, 2.75) is 38.3 Å². The van der Waals surface area contributed by atoms with Gasteiger partial charge in [-0.05, 0) is 31.4 Å². The van der Waals surface area contributed by atoms with Crippen molar-refractivity contribution in [3.63, 3.8) is 0 Å². The molecular weight excluding hydrogens is 298 g/mol. The van der Waals surface area contributed by atoms with Crippen molar-refractivity contribution < 1.29 is 14.0 Å². The maximum Gasteiger partial charge on any atom is 0.419 e. The largest absolute Gasteiger partial charge is 0.419 e. The fraction of sp³-hybridized carbons (Fsp3) is 0.438. The Hall–Kier alpha value is -2.57. The summed E-state index contributed by atoms with van der Waals surface area (Å²) in [5.41, 5.74) is 1.17. The molecule has 7 nitrogen and oxygen atoms in total. The summed E-state index contributed by atoms with van der Waals surface area (Å²) in [6, 6.07) is 6.60. The monoisotopic (exact) mass is 317 g/mol. The van der Waals surface area contributed by atoms with E-state index in [1.54, 1.807) is 18.2 Å². The van der Waals surface area contributed by atoms with Gasteiger partial charge in [0.2, 0.25) is 11.8 Å². The molecule has 2 amide bonds. The summed E-state index contributed by atoms with van der Waals surface area (Å²) in [5.74, 6) is -0.864. The first-order valence-electron chi connectivity index (χ1n) is 7.80. The first-order valence-corrected chi connectivity index (χ1v) is 7.80. The number of para-hydroxylation sites is 2. The van der Waals surface area contributed by atoms with Crippen LogP contribution in [0.25, 0.3) is 11.1 Å². The molecule has 0 radical (unpaired) electrons. The Bertz CT molecular complexity index is 777. The second-order valence-corrected chi connectivity index (χ2v) is 5.64. The van der Waals surface area contributed by atoms with Gasteiger partial charge in [0.1, 0.15) is 6.04 Å². The molecule has 0 saturated carbocycles. The minimum absolute atomic E-state index is 0.118. The van der Waals surface area contributed by atoms with Gasteiger partial charge in [-0.25, -0.2) is 4.79 Å². The van der Waals surface area contributed by atoms with Gasteiger partial charge in [0.25, 0.3) is 0 Å². The summed E-state index contributed by atoms with van der Waals surface area (Å²) < 4.78 is 6.56. The van der Waals surface area contributed by atoms with Crippen LogP contribution >= 0.6 is 0 Å². The number of carbonyl (C=O) groups is 2. The summed E-state index contributed by atoms with van der Waals surface area (Å²) in [6.45, 7) is 0.873. The van der Waals surface area contributed by atoms with E-state index in [1.807, 2.05) is 6.07 Å². The fourth-order valence-electron chi connectivity index (χ4n) is 2.78. The van der Waals surface area contributed by atoms with Crippen LogP contribution in [-0.2, 0) is 16.1 Å². The smallest absolute Gasteiger partial charge is 0.408 e. The van der Waals surface area contributed by atoms with Crippen molar-refractivity contribution in [3.05, 3.63) is 34.8 Å². The Morgan fingerprint density at radius 3 is 3.00 bits per heavy atom. The Kier molecular flexibility index (Phi) is 4.45. The minimum Gasteiger partial charge on any atom is -0.408 e. The summed E-state index contributed by atoms with van der Waals surface area (Å²) in [5, 5.41) is 5.52. The first-order chi connectivity index (χ1) is 11.1. The zero-order valence-electron chi connectivity index (χ0n) is 12.7. The average molecular weight is 317 g/mol. The van der Waals surface area contributed by atoms with Gasteiger partial charge in [0, 0.05) is 19.5 Å². The maximum atomic E-state index is 12.1. The first kappa shape index (κ1) is 15.3. The molecule has 0 aliphatic carbocycles. The van der Waals surface area contributed by atoms with Crippen LogP contribution in [0.3, 0.4) is 0 Å². The Balaban J connectivity index is 1.63. The number of aryl methyl sites for hydroxylation is 1. The van der Waals surface area contributed by atoms with Crippen LogP contribution in [-0.4, -0.2) is 29.0 Å². The molecular formula is C16H19N3O4. The summed E-state index contributed by atoms with van der Waals surface area (Å²) in [7, 11) is 0. The highest BCUT2D eigenvalue weighted by atomic mass is 16.4. The predicted molar refractivity (Wildman–Crippen MR) is 83.9 cm³/mol. The maximum absolute atomic E-state index is 12.1. The SMILES string of the molecule is O=C(CCn1c(=O)oc2ccccc21)N[C@@H]1CCCCNC1=O. The molecule has 0 bridgehead atoms. The summed E-state index contributed by atoms with van der Waals surface area (Å²) in [6.07, 6.45) is 2.59. The van der Waals surface area contributed by atoms with Crippen LogP contribution in [0.5, 0.6) is 0 Å². The van der Waals surface area contributed by atoms with E-state index in [-0.39, 0.29) is 24.8 Å². The Morgan fingerprint density at radius 2 is 2.13 bits per heavy atom. The zero-order valence-corrected chi connectivity index (χ0v) is 12.7. The molecule has 7 heteroatoms. The molecule has 1 aromatic carbocycles. The van der Waals surface area contributed by atoms with Gasteiger partial charge < -0.3 is 15.1 Å². The van der Waals surface area contributed by atoms with Crippen LogP contribution in [0, 0.1) is 0 Å². The number of nitrogens with zero attached hydrogens (tertiary/aromatic N) is 1. The number of hydrogen-bond donors (Lipinski definition) is 2. The molecule has 1 aliphatic heterocycles. The highest BCUT2D eigenvalue weighted by Gasteiger charge is 2.22. The number of carbonyl (C=O) groups excluding carboxylic acids is 2. The molecule has 23 heavy (non-hydrogen) atoms. The molecule has 1 fully saturated rings. The topological polar surface area (TPSA) is 93.3 Å². The van der Waals surface area contributed by atoms with Crippen LogP contribution in [0.1, 0.15) is 25.7 Å². The number of fused-ring (bicyclic) bond motifs is 1. The molecule has 1 atom stereocenters. The number of oxazole rings is 1. The van der Waals surface area contributed by atoms with E-state index in [0.717, 1.165) is 12.8 Å².